The van der Waals surface area contributed by atoms with E-state index in [2.05, 4.69) is 14.9 Å². The molecule has 0 radical (unpaired) electrons. The number of anilines is 1. The lowest BCUT2D eigenvalue weighted by Crippen LogP contribution is -2.03. The summed E-state index contributed by atoms with van der Waals surface area (Å²) in [5, 5.41) is 18.7. The minimum atomic E-state index is -0.444. The van der Waals surface area contributed by atoms with E-state index in [9.17, 15) is 10.1 Å². The lowest BCUT2D eigenvalue weighted by molar-refractivity contribution is -0.385. The lowest BCUT2D eigenvalue weighted by Gasteiger charge is -2.08. The van der Waals surface area contributed by atoms with Crippen molar-refractivity contribution in [3.8, 4) is 5.75 Å². The maximum absolute atomic E-state index is 10.8. The van der Waals surface area contributed by atoms with Gasteiger partial charge >= 0.3 is 0 Å². The summed E-state index contributed by atoms with van der Waals surface area (Å²) in [4.78, 5) is 10.3. The molecule has 0 aliphatic carbocycles. The number of nitrogens with zero attached hydrogens (tertiary/aromatic N) is 3. The van der Waals surface area contributed by atoms with Crippen LogP contribution in [0.15, 0.2) is 18.2 Å². The number of nitrogens with one attached hydrogen (secondary N) is 1. The van der Waals surface area contributed by atoms with Crippen molar-refractivity contribution in [2.45, 2.75) is 20.5 Å². The van der Waals surface area contributed by atoms with E-state index in [0.717, 1.165) is 17.1 Å². The van der Waals surface area contributed by atoms with Crippen molar-refractivity contribution >= 4 is 22.2 Å². The van der Waals surface area contributed by atoms with Crippen LogP contribution in [0.3, 0.4) is 0 Å². The standard InChI is InChI=1S/C12H14N4O3S/c1-3-13-12-10(14-15-20-12)7-19-11-6-9(16(17)18)5-4-8(11)2/h4-6,13H,3,7H2,1-2H3. The average Bonchev–Trinajstić information content (AvgIpc) is 2.85. The van der Waals surface area contributed by atoms with Gasteiger partial charge in [-0.2, -0.15) is 0 Å². The van der Waals surface area contributed by atoms with Gasteiger partial charge < -0.3 is 10.1 Å². The molecule has 0 fully saturated rings. The molecule has 1 aromatic heterocycles. The van der Waals surface area contributed by atoms with Crippen molar-refractivity contribution < 1.29 is 9.66 Å². The van der Waals surface area contributed by atoms with Crippen molar-refractivity contribution in [1.29, 1.82) is 0 Å². The Morgan fingerprint density at radius 2 is 2.30 bits per heavy atom. The summed E-state index contributed by atoms with van der Waals surface area (Å²) in [5.41, 5.74) is 1.54. The Hall–Kier alpha value is -2.22. The van der Waals surface area contributed by atoms with Gasteiger partial charge in [0.25, 0.3) is 5.69 Å². The van der Waals surface area contributed by atoms with Gasteiger partial charge in [0.2, 0.25) is 0 Å². The van der Waals surface area contributed by atoms with Crippen LogP contribution in [0.5, 0.6) is 5.75 Å². The predicted octanol–water partition coefficient (Wildman–Crippen LogP) is 2.77. The third-order valence-corrected chi connectivity index (χ3v) is 3.37. The Bertz CT molecular complexity index is 614. The molecule has 0 aliphatic rings. The van der Waals surface area contributed by atoms with Crippen LogP contribution >= 0.6 is 11.5 Å². The van der Waals surface area contributed by atoms with Gasteiger partial charge in [0.05, 0.1) is 11.0 Å². The number of hydrogen-bond acceptors (Lipinski definition) is 7. The second-order valence-corrected chi connectivity index (χ2v) is 4.83. The highest BCUT2D eigenvalue weighted by Crippen LogP contribution is 2.26. The van der Waals surface area contributed by atoms with Crippen molar-refractivity contribution in [3.63, 3.8) is 0 Å². The first kappa shape index (κ1) is 14.2. The van der Waals surface area contributed by atoms with Crippen LogP contribution in [-0.4, -0.2) is 21.1 Å². The van der Waals surface area contributed by atoms with Crippen molar-refractivity contribution in [1.82, 2.24) is 9.59 Å². The number of rotatable bonds is 6. The van der Waals surface area contributed by atoms with Gasteiger partial charge in [-0.1, -0.05) is 4.49 Å². The van der Waals surface area contributed by atoms with Gasteiger partial charge in [0.1, 0.15) is 23.1 Å². The Kier molecular flexibility index (Phi) is 4.46. The van der Waals surface area contributed by atoms with E-state index in [0.29, 0.717) is 11.4 Å². The summed E-state index contributed by atoms with van der Waals surface area (Å²) in [6.45, 7) is 4.81. The largest absolute Gasteiger partial charge is 0.487 e. The van der Waals surface area contributed by atoms with Gasteiger partial charge in [-0.25, -0.2) is 0 Å². The second kappa shape index (κ2) is 6.29. The molecule has 20 heavy (non-hydrogen) atoms. The fraction of sp³-hybridized carbons (Fsp3) is 0.333. The molecule has 0 spiro atoms. The van der Waals surface area contributed by atoms with E-state index in [4.69, 9.17) is 4.74 Å². The molecule has 106 valence electrons. The summed E-state index contributed by atoms with van der Waals surface area (Å²) in [6, 6.07) is 4.54. The van der Waals surface area contributed by atoms with Gasteiger partial charge in [0.15, 0.2) is 0 Å². The van der Waals surface area contributed by atoms with Crippen LogP contribution in [0.2, 0.25) is 0 Å². The van der Waals surface area contributed by atoms with Gasteiger partial charge in [-0.3, -0.25) is 10.1 Å². The highest BCUT2D eigenvalue weighted by molar-refractivity contribution is 7.10. The molecule has 1 aromatic carbocycles. The smallest absolute Gasteiger partial charge is 0.273 e. The average molecular weight is 294 g/mol. The van der Waals surface area contributed by atoms with Crippen molar-refractivity contribution in [3.05, 3.63) is 39.6 Å². The molecule has 8 heteroatoms. The summed E-state index contributed by atoms with van der Waals surface area (Å²) >= 11 is 1.26. The van der Waals surface area contributed by atoms with Crippen LogP contribution < -0.4 is 10.1 Å². The number of nitro groups is 1. The molecule has 0 aliphatic heterocycles. The van der Waals surface area contributed by atoms with Gasteiger partial charge in [-0.15, -0.1) is 5.10 Å². The molecule has 2 rings (SSSR count). The third-order valence-electron chi connectivity index (χ3n) is 2.64. The Balaban J connectivity index is 2.12. The normalized spacial score (nSPS) is 10.3. The molecule has 0 atom stereocenters. The first-order valence-electron chi connectivity index (χ1n) is 6.04. The summed E-state index contributed by atoms with van der Waals surface area (Å²) in [5.74, 6) is 0.481. The quantitative estimate of drug-likeness (QED) is 0.650. The topological polar surface area (TPSA) is 90.2 Å². The van der Waals surface area contributed by atoms with Crippen LogP contribution in [0.1, 0.15) is 18.2 Å². The fourth-order valence-electron chi connectivity index (χ4n) is 1.60. The molecular weight excluding hydrogens is 280 g/mol. The minimum Gasteiger partial charge on any atom is -0.487 e. The lowest BCUT2D eigenvalue weighted by atomic mass is 10.2. The Morgan fingerprint density at radius 3 is 3.00 bits per heavy atom. The first-order valence-corrected chi connectivity index (χ1v) is 6.82. The van der Waals surface area contributed by atoms with Crippen LogP contribution in [0.4, 0.5) is 10.7 Å². The van der Waals surface area contributed by atoms with E-state index in [-0.39, 0.29) is 12.3 Å². The second-order valence-electron chi connectivity index (χ2n) is 4.07. The van der Waals surface area contributed by atoms with Crippen LogP contribution in [0, 0.1) is 17.0 Å². The monoisotopic (exact) mass is 294 g/mol. The summed E-state index contributed by atoms with van der Waals surface area (Å²) in [7, 11) is 0. The molecule has 2 aromatic rings. The number of non-ortho nitro benzene ring substituents is 1. The SMILES string of the molecule is CCNc1snnc1COc1cc([N+](=O)[O-])ccc1C. The van der Waals surface area contributed by atoms with E-state index in [1.807, 2.05) is 13.8 Å². The predicted molar refractivity (Wildman–Crippen MR) is 76.2 cm³/mol. The van der Waals surface area contributed by atoms with E-state index >= 15 is 0 Å². The Labute approximate surface area is 119 Å². The molecule has 0 saturated carbocycles. The zero-order chi connectivity index (χ0) is 14.5. The fourth-order valence-corrected chi connectivity index (χ4v) is 2.24. The maximum Gasteiger partial charge on any atom is 0.273 e. The zero-order valence-electron chi connectivity index (χ0n) is 11.1. The van der Waals surface area contributed by atoms with Crippen LogP contribution in [0.25, 0.3) is 0 Å². The molecule has 0 unspecified atom stereocenters. The zero-order valence-corrected chi connectivity index (χ0v) is 11.9. The van der Waals surface area contributed by atoms with Crippen LogP contribution in [-0.2, 0) is 6.61 Å². The molecule has 0 saturated heterocycles. The molecule has 7 nitrogen and oxygen atoms in total. The van der Waals surface area contributed by atoms with Gasteiger partial charge in [-0.05, 0) is 25.5 Å². The molecule has 0 amide bonds. The maximum atomic E-state index is 10.8. The number of aromatic nitrogens is 2. The van der Waals surface area contributed by atoms with Crippen molar-refractivity contribution in [2.75, 3.05) is 11.9 Å². The Morgan fingerprint density at radius 1 is 1.50 bits per heavy atom. The highest BCUT2D eigenvalue weighted by Gasteiger charge is 2.12. The van der Waals surface area contributed by atoms with E-state index in [1.54, 1.807) is 6.07 Å². The molecule has 1 heterocycles. The number of hydrogen-bond donors (Lipinski definition) is 1. The van der Waals surface area contributed by atoms with Gasteiger partial charge in [0, 0.05) is 24.1 Å². The first-order chi connectivity index (χ1) is 9.61. The summed E-state index contributed by atoms with van der Waals surface area (Å²) < 4.78 is 9.48. The molecule has 1 N–H and O–H groups in total. The number of nitro benzene ring substituents is 1. The minimum absolute atomic E-state index is 0.00825. The van der Waals surface area contributed by atoms with E-state index < -0.39 is 4.92 Å². The van der Waals surface area contributed by atoms with E-state index in [1.165, 1.54) is 23.7 Å². The van der Waals surface area contributed by atoms with Crippen molar-refractivity contribution in [2.24, 2.45) is 0 Å². The number of ether oxygens (including phenoxy) is 1. The molecule has 0 bridgehead atoms. The number of aryl methyl sites for hydroxylation is 1. The molecular formula is C12H14N4O3S. The highest BCUT2D eigenvalue weighted by atomic mass is 32.1. The third kappa shape index (κ3) is 3.21. The summed E-state index contributed by atoms with van der Waals surface area (Å²) in [6.07, 6.45) is 0. The number of benzene rings is 1.